The number of rotatable bonds is 6. The number of pyridine rings is 1. The summed E-state index contributed by atoms with van der Waals surface area (Å²) < 4.78 is 4.93. The molecule has 0 saturated carbocycles. The van der Waals surface area contributed by atoms with Gasteiger partial charge in [-0.15, -0.1) is 0 Å². The van der Waals surface area contributed by atoms with E-state index >= 15 is 0 Å². The first-order valence-electron chi connectivity index (χ1n) is 6.71. The number of carbonyl (C=O) groups excluding carboxylic acids is 2. The number of aromatic nitrogens is 1. The fraction of sp³-hybridized carbons (Fsp3) is 0.500. The van der Waals surface area contributed by atoms with Crippen LogP contribution >= 0.6 is 0 Å². The first-order chi connectivity index (χ1) is 9.83. The lowest BCUT2D eigenvalue weighted by Crippen LogP contribution is -2.39. The Labute approximate surface area is 124 Å². The number of nitrogen functional groups attached to an aromatic ring is 1. The van der Waals surface area contributed by atoms with E-state index in [1.807, 2.05) is 0 Å². The molecular weight excluding hydrogens is 272 g/mol. The molecule has 0 aromatic carbocycles. The molecule has 0 spiro atoms. The Bertz CT molecular complexity index is 529. The van der Waals surface area contributed by atoms with Gasteiger partial charge in [-0.25, -0.2) is 9.78 Å². The number of ether oxygens (including phenoxy) is 1. The van der Waals surface area contributed by atoms with Gasteiger partial charge in [-0.05, 0) is 26.8 Å². The number of nitrogens with zero attached hydrogens (tertiary/aromatic N) is 1. The number of amides is 1. The highest BCUT2D eigenvalue weighted by molar-refractivity contribution is 5.97. The van der Waals surface area contributed by atoms with Crippen molar-refractivity contribution in [3.05, 3.63) is 17.8 Å². The van der Waals surface area contributed by atoms with Crippen molar-refractivity contribution in [1.29, 1.82) is 0 Å². The lowest BCUT2D eigenvalue weighted by Gasteiger charge is -2.23. The highest BCUT2D eigenvalue weighted by Gasteiger charge is 2.27. The second-order valence-electron chi connectivity index (χ2n) is 5.16. The Hall–Kier alpha value is -2.31. The van der Waals surface area contributed by atoms with Gasteiger partial charge < -0.3 is 21.1 Å². The van der Waals surface area contributed by atoms with Gasteiger partial charge in [0.05, 0.1) is 23.3 Å². The molecule has 0 aliphatic carbocycles. The van der Waals surface area contributed by atoms with Crippen molar-refractivity contribution in [2.75, 3.05) is 31.2 Å². The molecule has 1 heterocycles. The standard InChI is InChI=1S/C14H22N4O3/c1-5-21-12(19)9-6-7-17-11(10(9)15)18-8-14(2,3)13(20)16-4/h6-7H,5,8,15H2,1-4H3,(H,16,20)(H,17,18). The summed E-state index contributed by atoms with van der Waals surface area (Å²) in [6.07, 6.45) is 1.47. The SMILES string of the molecule is CCOC(=O)c1ccnc(NCC(C)(C)C(=O)NC)c1N. The third-order valence-electron chi connectivity index (χ3n) is 3.02. The molecule has 0 radical (unpaired) electrons. The zero-order valence-corrected chi connectivity index (χ0v) is 12.8. The lowest BCUT2D eigenvalue weighted by atomic mass is 9.92. The number of esters is 1. The fourth-order valence-corrected chi connectivity index (χ4v) is 1.72. The molecule has 7 heteroatoms. The van der Waals surface area contributed by atoms with E-state index < -0.39 is 11.4 Å². The maximum atomic E-state index is 11.8. The first-order valence-corrected chi connectivity index (χ1v) is 6.71. The van der Waals surface area contributed by atoms with E-state index in [4.69, 9.17) is 10.5 Å². The van der Waals surface area contributed by atoms with Crippen molar-refractivity contribution in [3.63, 3.8) is 0 Å². The Balaban J connectivity index is 2.88. The molecule has 0 aliphatic rings. The van der Waals surface area contributed by atoms with Gasteiger partial charge >= 0.3 is 5.97 Å². The van der Waals surface area contributed by atoms with E-state index in [1.165, 1.54) is 12.3 Å². The van der Waals surface area contributed by atoms with Crippen molar-refractivity contribution >= 4 is 23.4 Å². The quantitative estimate of drug-likeness (QED) is 0.676. The Kier molecular flexibility index (Phi) is 5.52. The molecule has 1 aromatic heterocycles. The minimum absolute atomic E-state index is 0.102. The maximum Gasteiger partial charge on any atom is 0.340 e. The number of nitrogens with one attached hydrogen (secondary N) is 2. The average Bonchev–Trinajstić information content (AvgIpc) is 2.45. The van der Waals surface area contributed by atoms with Crippen LogP contribution in [0, 0.1) is 5.41 Å². The van der Waals surface area contributed by atoms with Crippen molar-refractivity contribution in [2.24, 2.45) is 5.41 Å². The molecule has 1 rings (SSSR count). The fourth-order valence-electron chi connectivity index (χ4n) is 1.72. The van der Waals surface area contributed by atoms with Gasteiger partial charge in [0.15, 0.2) is 0 Å². The van der Waals surface area contributed by atoms with Gasteiger partial charge in [0.25, 0.3) is 0 Å². The summed E-state index contributed by atoms with van der Waals surface area (Å²) in [4.78, 5) is 27.6. The Morgan fingerprint density at radius 1 is 1.43 bits per heavy atom. The van der Waals surface area contributed by atoms with Crippen molar-refractivity contribution in [3.8, 4) is 0 Å². The largest absolute Gasteiger partial charge is 0.462 e. The Morgan fingerprint density at radius 3 is 2.67 bits per heavy atom. The van der Waals surface area contributed by atoms with E-state index in [0.717, 1.165) is 0 Å². The van der Waals surface area contributed by atoms with Crippen LogP contribution in [0.3, 0.4) is 0 Å². The van der Waals surface area contributed by atoms with Crippen molar-refractivity contribution in [2.45, 2.75) is 20.8 Å². The van der Waals surface area contributed by atoms with E-state index in [-0.39, 0.29) is 23.8 Å². The minimum atomic E-state index is -0.636. The highest BCUT2D eigenvalue weighted by atomic mass is 16.5. The Morgan fingerprint density at radius 2 is 2.10 bits per heavy atom. The van der Waals surface area contributed by atoms with E-state index in [2.05, 4.69) is 15.6 Å². The molecule has 1 aromatic rings. The lowest BCUT2D eigenvalue weighted by molar-refractivity contribution is -0.128. The monoisotopic (exact) mass is 294 g/mol. The molecule has 4 N–H and O–H groups in total. The zero-order chi connectivity index (χ0) is 16.0. The summed E-state index contributed by atoms with van der Waals surface area (Å²) >= 11 is 0. The van der Waals surface area contributed by atoms with Crippen LogP contribution in [-0.2, 0) is 9.53 Å². The second-order valence-corrected chi connectivity index (χ2v) is 5.16. The molecule has 0 bridgehead atoms. The third kappa shape index (κ3) is 4.08. The smallest absolute Gasteiger partial charge is 0.340 e. The molecule has 1 amide bonds. The van der Waals surface area contributed by atoms with Gasteiger partial charge in [-0.1, -0.05) is 0 Å². The van der Waals surface area contributed by atoms with Gasteiger partial charge in [0.2, 0.25) is 5.91 Å². The third-order valence-corrected chi connectivity index (χ3v) is 3.02. The first kappa shape index (κ1) is 16.7. The van der Waals surface area contributed by atoms with Crippen LogP contribution in [0.5, 0.6) is 0 Å². The molecule has 0 aliphatic heterocycles. The number of nitrogens with two attached hydrogens (primary N) is 1. The topological polar surface area (TPSA) is 106 Å². The van der Waals surface area contributed by atoms with Crippen molar-refractivity contribution in [1.82, 2.24) is 10.3 Å². The molecule has 7 nitrogen and oxygen atoms in total. The molecule has 0 fully saturated rings. The maximum absolute atomic E-state index is 11.8. The molecule has 21 heavy (non-hydrogen) atoms. The van der Waals surface area contributed by atoms with Crippen LogP contribution in [0.4, 0.5) is 11.5 Å². The predicted octanol–water partition coefficient (Wildman–Crippen LogP) is 1.02. The molecule has 0 saturated heterocycles. The van der Waals surface area contributed by atoms with E-state index in [1.54, 1.807) is 27.8 Å². The van der Waals surface area contributed by atoms with E-state index in [0.29, 0.717) is 12.4 Å². The van der Waals surface area contributed by atoms with Crippen LogP contribution in [0.15, 0.2) is 12.3 Å². The van der Waals surface area contributed by atoms with Gasteiger partial charge in [0.1, 0.15) is 5.82 Å². The van der Waals surface area contributed by atoms with Crippen LogP contribution < -0.4 is 16.4 Å². The summed E-state index contributed by atoms with van der Waals surface area (Å²) in [5.74, 6) is -0.237. The molecule has 0 unspecified atom stereocenters. The van der Waals surface area contributed by atoms with Crippen LogP contribution in [0.2, 0.25) is 0 Å². The minimum Gasteiger partial charge on any atom is -0.462 e. The number of carbonyl (C=O) groups is 2. The predicted molar refractivity (Wildman–Crippen MR) is 80.9 cm³/mol. The summed E-state index contributed by atoms with van der Waals surface area (Å²) in [5, 5.41) is 5.60. The second kappa shape index (κ2) is 6.92. The molecule has 0 atom stereocenters. The number of hydrogen-bond acceptors (Lipinski definition) is 6. The summed E-state index contributed by atoms with van der Waals surface area (Å²) in [7, 11) is 1.58. The normalized spacial score (nSPS) is 10.9. The van der Waals surface area contributed by atoms with Crippen molar-refractivity contribution < 1.29 is 14.3 Å². The van der Waals surface area contributed by atoms with Crippen LogP contribution in [-0.4, -0.2) is 37.1 Å². The van der Waals surface area contributed by atoms with Gasteiger partial charge in [-0.2, -0.15) is 0 Å². The summed E-state index contributed by atoms with van der Waals surface area (Å²) in [6, 6.07) is 1.50. The number of anilines is 2. The molecular formula is C14H22N4O3. The highest BCUT2D eigenvalue weighted by Crippen LogP contribution is 2.23. The van der Waals surface area contributed by atoms with Gasteiger partial charge in [0, 0.05) is 19.8 Å². The average molecular weight is 294 g/mol. The zero-order valence-electron chi connectivity index (χ0n) is 12.8. The summed E-state index contributed by atoms with van der Waals surface area (Å²) in [6.45, 7) is 5.91. The summed E-state index contributed by atoms with van der Waals surface area (Å²) in [5.41, 5.74) is 5.76. The van der Waals surface area contributed by atoms with Crippen LogP contribution in [0.25, 0.3) is 0 Å². The molecule has 116 valence electrons. The van der Waals surface area contributed by atoms with Gasteiger partial charge in [-0.3, -0.25) is 4.79 Å². The van der Waals surface area contributed by atoms with E-state index in [9.17, 15) is 9.59 Å². The number of hydrogen-bond donors (Lipinski definition) is 3. The van der Waals surface area contributed by atoms with Crippen LogP contribution in [0.1, 0.15) is 31.1 Å².